The first-order valence-electron chi connectivity index (χ1n) is 7.79. The van der Waals surface area contributed by atoms with Crippen molar-refractivity contribution in [3.63, 3.8) is 0 Å². The van der Waals surface area contributed by atoms with Crippen molar-refractivity contribution >= 4 is 29.1 Å². The van der Waals surface area contributed by atoms with Crippen molar-refractivity contribution < 1.29 is 9.32 Å². The van der Waals surface area contributed by atoms with Crippen molar-refractivity contribution in [2.75, 3.05) is 17.2 Å². The summed E-state index contributed by atoms with van der Waals surface area (Å²) < 4.78 is 4.91. The number of anilines is 2. The lowest BCUT2D eigenvalue weighted by Crippen LogP contribution is -2.13. The average Bonchev–Trinajstić information content (AvgIpc) is 3.02. The Morgan fingerprint density at radius 3 is 2.60 bits per heavy atom. The molecule has 0 fully saturated rings. The van der Waals surface area contributed by atoms with Crippen molar-refractivity contribution in [3.8, 4) is 0 Å². The van der Waals surface area contributed by atoms with E-state index in [1.54, 1.807) is 25.1 Å². The molecule has 3 rings (SSSR count). The minimum absolute atomic E-state index is 0.284. The van der Waals surface area contributed by atoms with Crippen LogP contribution in [0, 0.1) is 6.92 Å². The lowest BCUT2D eigenvalue weighted by molar-refractivity contribution is 0.102. The van der Waals surface area contributed by atoms with Gasteiger partial charge in [-0.05, 0) is 43.2 Å². The molecular formula is C18H17ClN4O2. The molecule has 2 heterocycles. The molecule has 0 spiro atoms. The molecule has 7 heteroatoms. The molecule has 0 aliphatic heterocycles. The number of carbonyl (C=O) groups excluding carboxylic acids is 1. The number of amides is 1. The average molecular weight is 357 g/mol. The maximum absolute atomic E-state index is 12.1. The van der Waals surface area contributed by atoms with Gasteiger partial charge in [0.25, 0.3) is 5.91 Å². The summed E-state index contributed by atoms with van der Waals surface area (Å²) in [5.41, 5.74) is 1.64. The van der Waals surface area contributed by atoms with Crippen LogP contribution in [0.4, 0.5) is 11.6 Å². The third kappa shape index (κ3) is 4.81. The maximum Gasteiger partial charge on any atom is 0.258 e. The van der Waals surface area contributed by atoms with Gasteiger partial charge in [0, 0.05) is 23.8 Å². The number of hydrogen-bond donors (Lipinski definition) is 2. The Kier molecular flexibility index (Phi) is 5.30. The molecule has 0 unspecified atom stereocenters. The van der Waals surface area contributed by atoms with Gasteiger partial charge in [0.2, 0.25) is 0 Å². The fourth-order valence-electron chi connectivity index (χ4n) is 2.23. The third-order valence-electron chi connectivity index (χ3n) is 3.53. The number of hydrogen-bond acceptors (Lipinski definition) is 5. The number of aromatic nitrogens is 2. The molecule has 128 valence electrons. The quantitative estimate of drug-likeness (QED) is 0.699. The van der Waals surface area contributed by atoms with Gasteiger partial charge in [-0.3, -0.25) is 4.79 Å². The normalized spacial score (nSPS) is 10.5. The van der Waals surface area contributed by atoms with Gasteiger partial charge in [0.05, 0.1) is 5.56 Å². The lowest BCUT2D eigenvalue weighted by Gasteiger charge is -2.07. The van der Waals surface area contributed by atoms with E-state index in [1.807, 2.05) is 24.3 Å². The molecule has 0 saturated carbocycles. The first kappa shape index (κ1) is 17.0. The molecule has 0 bridgehead atoms. The van der Waals surface area contributed by atoms with Crippen LogP contribution in [-0.2, 0) is 6.42 Å². The minimum Gasteiger partial charge on any atom is -0.370 e. The van der Waals surface area contributed by atoms with E-state index in [1.165, 1.54) is 11.8 Å². The predicted molar refractivity (Wildman–Crippen MR) is 97.1 cm³/mol. The first-order chi connectivity index (χ1) is 12.1. The number of carbonyl (C=O) groups is 1. The number of halogens is 1. The molecule has 2 N–H and O–H groups in total. The fraction of sp³-hybridized carbons (Fsp3) is 0.167. The molecule has 2 aromatic heterocycles. The van der Waals surface area contributed by atoms with E-state index in [4.69, 9.17) is 16.1 Å². The maximum atomic E-state index is 12.1. The van der Waals surface area contributed by atoms with E-state index in [-0.39, 0.29) is 5.91 Å². The molecule has 1 amide bonds. The molecule has 3 aromatic rings. The Balaban J connectivity index is 1.51. The van der Waals surface area contributed by atoms with E-state index in [9.17, 15) is 4.79 Å². The van der Waals surface area contributed by atoms with Gasteiger partial charge < -0.3 is 15.2 Å². The van der Waals surface area contributed by atoms with Crippen molar-refractivity contribution in [2.24, 2.45) is 0 Å². The number of rotatable bonds is 6. The third-order valence-corrected chi connectivity index (χ3v) is 3.78. The van der Waals surface area contributed by atoms with Gasteiger partial charge in [-0.1, -0.05) is 28.9 Å². The number of aryl methyl sites for hydroxylation is 1. The summed E-state index contributed by atoms with van der Waals surface area (Å²) in [5, 5.41) is 10.3. The summed E-state index contributed by atoms with van der Waals surface area (Å²) in [6.07, 6.45) is 2.37. The predicted octanol–water partition coefficient (Wildman–Crippen LogP) is 3.94. The van der Waals surface area contributed by atoms with Gasteiger partial charge in [-0.15, -0.1) is 0 Å². The second-order valence-electron chi connectivity index (χ2n) is 5.51. The van der Waals surface area contributed by atoms with E-state index < -0.39 is 0 Å². The highest BCUT2D eigenvalue weighted by atomic mass is 35.5. The lowest BCUT2D eigenvalue weighted by atomic mass is 10.1. The van der Waals surface area contributed by atoms with E-state index in [2.05, 4.69) is 20.8 Å². The number of benzene rings is 1. The van der Waals surface area contributed by atoms with Gasteiger partial charge in [-0.25, -0.2) is 4.98 Å². The van der Waals surface area contributed by atoms with E-state index in [0.717, 1.165) is 18.0 Å². The van der Waals surface area contributed by atoms with Gasteiger partial charge in [0.15, 0.2) is 5.82 Å². The van der Waals surface area contributed by atoms with Gasteiger partial charge >= 0.3 is 0 Å². The van der Waals surface area contributed by atoms with Crippen molar-refractivity contribution in [1.82, 2.24) is 10.1 Å². The summed E-state index contributed by atoms with van der Waals surface area (Å²) in [5.74, 6) is 1.44. The number of pyridine rings is 1. The van der Waals surface area contributed by atoms with Gasteiger partial charge in [-0.2, -0.15) is 0 Å². The van der Waals surface area contributed by atoms with Crippen LogP contribution in [0.1, 0.15) is 21.7 Å². The van der Waals surface area contributed by atoms with Crippen LogP contribution in [0.2, 0.25) is 5.02 Å². The molecule has 0 radical (unpaired) electrons. The van der Waals surface area contributed by atoms with Gasteiger partial charge in [0.1, 0.15) is 11.6 Å². The molecule has 0 saturated heterocycles. The molecule has 6 nitrogen and oxygen atoms in total. The summed E-state index contributed by atoms with van der Waals surface area (Å²) in [4.78, 5) is 16.4. The van der Waals surface area contributed by atoms with Crippen LogP contribution >= 0.6 is 11.6 Å². The Morgan fingerprint density at radius 1 is 1.16 bits per heavy atom. The Hall–Kier alpha value is -2.86. The highest BCUT2D eigenvalue weighted by Gasteiger charge is 2.09. The minimum atomic E-state index is -0.284. The van der Waals surface area contributed by atoms with E-state index in [0.29, 0.717) is 23.0 Å². The Morgan fingerprint density at radius 2 is 1.96 bits per heavy atom. The monoisotopic (exact) mass is 356 g/mol. The first-order valence-corrected chi connectivity index (χ1v) is 8.17. The zero-order chi connectivity index (χ0) is 17.6. The summed E-state index contributed by atoms with van der Waals surface area (Å²) >= 11 is 5.87. The smallest absolute Gasteiger partial charge is 0.258 e. The summed E-state index contributed by atoms with van der Waals surface area (Å²) in [7, 11) is 0. The Bertz CT molecular complexity index is 844. The highest BCUT2D eigenvalue weighted by molar-refractivity contribution is 6.30. The van der Waals surface area contributed by atoms with Crippen molar-refractivity contribution in [1.29, 1.82) is 0 Å². The fourth-order valence-corrected chi connectivity index (χ4v) is 2.36. The number of nitrogens with zero attached hydrogens (tertiary/aromatic N) is 2. The van der Waals surface area contributed by atoms with Crippen molar-refractivity contribution in [3.05, 3.63) is 70.6 Å². The van der Waals surface area contributed by atoms with Crippen LogP contribution < -0.4 is 10.6 Å². The number of nitrogens with one attached hydrogen (secondary N) is 2. The largest absolute Gasteiger partial charge is 0.370 e. The molecule has 25 heavy (non-hydrogen) atoms. The van der Waals surface area contributed by atoms with E-state index >= 15 is 0 Å². The molecule has 1 aromatic carbocycles. The molecule has 0 atom stereocenters. The zero-order valence-electron chi connectivity index (χ0n) is 13.6. The zero-order valence-corrected chi connectivity index (χ0v) is 14.4. The standard InChI is InChI=1S/C18H17ClN4O2/c1-12-10-17(23-25-12)22-18(24)14-4-7-16(21-11-14)20-9-8-13-2-5-15(19)6-3-13/h2-7,10-11H,8-9H2,1H3,(H,20,21)(H,22,23,24). The second-order valence-corrected chi connectivity index (χ2v) is 5.95. The molecule has 0 aliphatic rings. The van der Waals surface area contributed by atoms with Crippen molar-refractivity contribution in [2.45, 2.75) is 13.3 Å². The molecule has 0 aliphatic carbocycles. The SMILES string of the molecule is Cc1cc(NC(=O)c2ccc(NCCc3ccc(Cl)cc3)nc2)no1. The van der Waals surface area contributed by atoms with Crippen LogP contribution in [-0.4, -0.2) is 22.6 Å². The second kappa shape index (κ2) is 7.81. The summed E-state index contributed by atoms with van der Waals surface area (Å²) in [6.45, 7) is 2.49. The highest BCUT2D eigenvalue weighted by Crippen LogP contribution is 2.12. The van der Waals surface area contributed by atoms with Crippen LogP contribution in [0.5, 0.6) is 0 Å². The Labute approximate surface area is 150 Å². The summed E-state index contributed by atoms with van der Waals surface area (Å²) in [6, 6.07) is 12.9. The van der Waals surface area contributed by atoms with Crippen LogP contribution in [0.15, 0.2) is 53.2 Å². The topological polar surface area (TPSA) is 80.0 Å². The van der Waals surface area contributed by atoms with Crippen LogP contribution in [0.3, 0.4) is 0 Å². The van der Waals surface area contributed by atoms with Crippen LogP contribution in [0.25, 0.3) is 0 Å². The molecular weight excluding hydrogens is 340 g/mol.